The number of benzene rings is 1. The van der Waals surface area contributed by atoms with Crippen LogP contribution in [0.5, 0.6) is 11.6 Å². The molecule has 0 bridgehead atoms. The van der Waals surface area contributed by atoms with E-state index in [-0.39, 0.29) is 22.9 Å². The predicted octanol–water partition coefficient (Wildman–Crippen LogP) is 3.24. The SMILES string of the molecule is O=C(O)c1ccccc1Oc1ncc(Br)cc1[N+](=O)[O-]. The Hall–Kier alpha value is -2.48. The second-order valence-corrected chi connectivity index (χ2v) is 4.55. The Morgan fingerprint density at radius 3 is 2.75 bits per heavy atom. The Labute approximate surface area is 121 Å². The lowest BCUT2D eigenvalue weighted by Crippen LogP contribution is -2.02. The van der Waals surface area contributed by atoms with E-state index in [1.165, 1.54) is 30.5 Å². The molecule has 0 aliphatic carbocycles. The van der Waals surface area contributed by atoms with Gasteiger partial charge in [0.1, 0.15) is 11.3 Å². The van der Waals surface area contributed by atoms with Gasteiger partial charge in [0.2, 0.25) is 0 Å². The van der Waals surface area contributed by atoms with Gasteiger partial charge in [0.15, 0.2) is 0 Å². The van der Waals surface area contributed by atoms with Crippen LogP contribution in [0.25, 0.3) is 0 Å². The van der Waals surface area contributed by atoms with Crippen LogP contribution < -0.4 is 4.74 Å². The van der Waals surface area contributed by atoms with Gasteiger partial charge in [-0.2, -0.15) is 0 Å². The number of hydrogen-bond acceptors (Lipinski definition) is 5. The van der Waals surface area contributed by atoms with Crippen LogP contribution >= 0.6 is 15.9 Å². The summed E-state index contributed by atoms with van der Waals surface area (Å²) in [6.07, 6.45) is 1.33. The molecule has 2 aromatic rings. The Morgan fingerprint density at radius 1 is 1.40 bits per heavy atom. The van der Waals surface area contributed by atoms with Gasteiger partial charge >= 0.3 is 11.7 Å². The van der Waals surface area contributed by atoms with E-state index < -0.39 is 10.9 Å². The number of pyridine rings is 1. The molecule has 0 radical (unpaired) electrons. The van der Waals surface area contributed by atoms with Gasteiger partial charge in [-0.25, -0.2) is 9.78 Å². The van der Waals surface area contributed by atoms with Crippen LogP contribution in [-0.4, -0.2) is 21.0 Å². The number of carbonyl (C=O) groups is 1. The van der Waals surface area contributed by atoms with Crippen LogP contribution in [0.2, 0.25) is 0 Å². The molecule has 1 aromatic carbocycles. The first-order valence-corrected chi connectivity index (χ1v) is 6.08. The predicted molar refractivity (Wildman–Crippen MR) is 72.1 cm³/mol. The van der Waals surface area contributed by atoms with Gasteiger partial charge in [0, 0.05) is 16.7 Å². The summed E-state index contributed by atoms with van der Waals surface area (Å²) in [4.78, 5) is 25.1. The molecule has 1 N–H and O–H groups in total. The van der Waals surface area contributed by atoms with Crippen LogP contribution in [0.3, 0.4) is 0 Å². The van der Waals surface area contributed by atoms with Gasteiger partial charge in [-0.1, -0.05) is 12.1 Å². The van der Waals surface area contributed by atoms with Crippen molar-refractivity contribution in [2.75, 3.05) is 0 Å². The van der Waals surface area contributed by atoms with Crippen molar-refractivity contribution < 1.29 is 19.6 Å². The zero-order chi connectivity index (χ0) is 14.7. The molecule has 0 aliphatic heterocycles. The zero-order valence-electron chi connectivity index (χ0n) is 9.82. The molecule has 0 amide bonds. The molecule has 8 heteroatoms. The van der Waals surface area contributed by atoms with E-state index in [0.717, 1.165) is 0 Å². The summed E-state index contributed by atoms with van der Waals surface area (Å²) >= 11 is 3.07. The van der Waals surface area contributed by atoms with Crippen molar-refractivity contribution in [1.29, 1.82) is 0 Å². The summed E-state index contributed by atoms with van der Waals surface area (Å²) in [5.74, 6) is -1.48. The van der Waals surface area contributed by atoms with E-state index in [9.17, 15) is 14.9 Å². The Kier molecular flexibility index (Phi) is 3.94. The number of carboxylic acids is 1. The molecular formula is C12H7BrN2O5. The quantitative estimate of drug-likeness (QED) is 0.678. The minimum Gasteiger partial charge on any atom is -0.478 e. The molecule has 7 nitrogen and oxygen atoms in total. The molecule has 0 fully saturated rings. The second-order valence-electron chi connectivity index (χ2n) is 3.64. The smallest absolute Gasteiger partial charge is 0.339 e. The highest BCUT2D eigenvalue weighted by Gasteiger charge is 2.20. The summed E-state index contributed by atoms with van der Waals surface area (Å²) in [6, 6.07) is 7.05. The topological polar surface area (TPSA) is 103 Å². The largest absolute Gasteiger partial charge is 0.478 e. The van der Waals surface area contributed by atoms with Gasteiger partial charge < -0.3 is 9.84 Å². The number of hydrogen-bond donors (Lipinski definition) is 1. The first-order valence-electron chi connectivity index (χ1n) is 5.29. The fourth-order valence-electron chi connectivity index (χ4n) is 1.46. The summed E-state index contributed by atoms with van der Waals surface area (Å²) in [5.41, 5.74) is -0.467. The minimum absolute atomic E-state index is 0.0158. The van der Waals surface area contributed by atoms with E-state index >= 15 is 0 Å². The number of halogens is 1. The molecule has 0 saturated heterocycles. The molecule has 1 aromatic heterocycles. The normalized spacial score (nSPS) is 10.1. The number of nitro groups is 1. The number of ether oxygens (including phenoxy) is 1. The minimum atomic E-state index is -1.19. The van der Waals surface area contributed by atoms with Crippen molar-refractivity contribution in [1.82, 2.24) is 4.98 Å². The average Bonchev–Trinajstić information content (AvgIpc) is 2.41. The van der Waals surface area contributed by atoms with E-state index in [1.807, 2.05) is 0 Å². The highest BCUT2D eigenvalue weighted by molar-refractivity contribution is 9.10. The summed E-state index contributed by atoms with van der Waals surface area (Å²) in [6.45, 7) is 0. The van der Waals surface area contributed by atoms with E-state index in [1.54, 1.807) is 6.07 Å². The number of nitrogens with zero attached hydrogens (tertiary/aromatic N) is 2. The highest BCUT2D eigenvalue weighted by atomic mass is 79.9. The van der Waals surface area contributed by atoms with Crippen molar-refractivity contribution >= 4 is 27.6 Å². The number of carboxylic acid groups (broad SMARTS) is 1. The number of rotatable bonds is 4. The molecule has 0 spiro atoms. The maximum atomic E-state index is 11.0. The second kappa shape index (κ2) is 5.66. The molecule has 0 atom stereocenters. The van der Waals surface area contributed by atoms with Crippen molar-refractivity contribution in [2.45, 2.75) is 0 Å². The molecule has 102 valence electrons. The lowest BCUT2D eigenvalue weighted by molar-refractivity contribution is -0.386. The molecule has 20 heavy (non-hydrogen) atoms. The van der Waals surface area contributed by atoms with Crippen LogP contribution in [-0.2, 0) is 0 Å². The van der Waals surface area contributed by atoms with Crippen LogP contribution in [0.1, 0.15) is 10.4 Å². The Balaban J connectivity index is 2.45. The first kappa shape index (κ1) is 13.9. The summed E-state index contributed by atoms with van der Waals surface area (Å²) < 4.78 is 5.68. The number of para-hydroxylation sites is 1. The standard InChI is InChI=1S/C12H7BrN2O5/c13-7-5-9(15(18)19)11(14-6-7)20-10-4-2-1-3-8(10)12(16)17/h1-6H,(H,16,17). The third-order valence-corrected chi connectivity index (χ3v) is 2.75. The first-order chi connectivity index (χ1) is 9.49. The molecule has 0 unspecified atom stereocenters. The summed E-state index contributed by atoms with van der Waals surface area (Å²) in [7, 11) is 0. The van der Waals surface area contributed by atoms with Gasteiger partial charge in [-0.05, 0) is 28.1 Å². The molecule has 0 aliphatic rings. The zero-order valence-corrected chi connectivity index (χ0v) is 11.4. The maximum absolute atomic E-state index is 11.0. The fraction of sp³-hybridized carbons (Fsp3) is 0. The molecule has 1 heterocycles. The van der Waals surface area contributed by atoms with Crippen molar-refractivity contribution in [2.24, 2.45) is 0 Å². The van der Waals surface area contributed by atoms with Crippen molar-refractivity contribution in [3.05, 3.63) is 56.7 Å². The third-order valence-electron chi connectivity index (χ3n) is 2.32. The van der Waals surface area contributed by atoms with Gasteiger partial charge in [-0.15, -0.1) is 0 Å². The Bertz CT molecular complexity index is 689. The van der Waals surface area contributed by atoms with Crippen molar-refractivity contribution in [3.8, 4) is 11.6 Å². The lowest BCUT2D eigenvalue weighted by atomic mass is 10.2. The van der Waals surface area contributed by atoms with Crippen molar-refractivity contribution in [3.63, 3.8) is 0 Å². The van der Waals surface area contributed by atoms with Crippen LogP contribution in [0.4, 0.5) is 5.69 Å². The molecule has 0 saturated carbocycles. The summed E-state index contributed by atoms with van der Waals surface area (Å²) in [5, 5.41) is 20.0. The number of aromatic nitrogens is 1. The van der Waals surface area contributed by atoms with E-state index in [4.69, 9.17) is 9.84 Å². The highest BCUT2D eigenvalue weighted by Crippen LogP contribution is 2.32. The monoisotopic (exact) mass is 338 g/mol. The van der Waals surface area contributed by atoms with E-state index in [0.29, 0.717) is 4.47 Å². The lowest BCUT2D eigenvalue weighted by Gasteiger charge is -2.07. The number of aromatic carboxylic acids is 1. The van der Waals surface area contributed by atoms with Gasteiger partial charge in [-0.3, -0.25) is 10.1 Å². The Morgan fingerprint density at radius 2 is 2.10 bits per heavy atom. The maximum Gasteiger partial charge on any atom is 0.339 e. The molecule has 2 rings (SSSR count). The van der Waals surface area contributed by atoms with Gasteiger partial charge in [0.25, 0.3) is 5.88 Å². The van der Waals surface area contributed by atoms with Crippen LogP contribution in [0.15, 0.2) is 41.0 Å². The van der Waals surface area contributed by atoms with E-state index in [2.05, 4.69) is 20.9 Å². The third kappa shape index (κ3) is 2.91. The average molecular weight is 339 g/mol. The van der Waals surface area contributed by atoms with Gasteiger partial charge in [0.05, 0.1) is 4.92 Å². The fourth-order valence-corrected chi connectivity index (χ4v) is 1.78. The molecular weight excluding hydrogens is 332 g/mol. The van der Waals surface area contributed by atoms with Crippen LogP contribution in [0, 0.1) is 10.1 Å².